The van der Waals surface area contributed by atoms with E-state index in [4.69, 9.17) is 23.2 Å². The molecule has 1 heterocycles. The van der Waals surface area contributed by atoms with Gasteiger partial charge < -0.3 is 0 Å². The lowest BCUT2D eigenvalue weighted by Gasteiger charge is -2.14. The Bertz CT molecular complexity index is 1360. The van der Waals surface area contributed by atoms with Crippen molar-refractivity contribution < 1.29 is 17.2 Å². The summed E-state index contributed by atoms with van der Waals surface area (Å²) in [4.78, 5) is 3.84. The van der Waals surface area contributed by atoms with Crippen LogP contribution in [0.5, 0.6) is 0 Å². The highest BCUT2D eigenvalue weighted by Crippen LogP contribution is 2.37. The molecule has 3 nitrogen and oxygen atoms in total. The fraction of sp³-hybridized carbons (Fsp3) is 0. The number of benzene rings is 3. The summed E-state index contributed by atoms with van der Waals surface area (Å²) in [5, 5.41) is 0.617. The molecule has 0 aliphatic rings. The monoisotopic (exact) mass is 449 g/mol. The fourth-order valence-corrected chi connectivity index (χ4v) is 4.87. The molecule has 4 aromatic rings. The quantitative estimate of drug-likeness (QED) is 0.343. The number of hydrogen-bond donors (Lipinski definition) is 0. The Morgan fingerprint density at radius 2 is 1.59 bits per heavy atom. The predicted octanol–water partition coefficient (Wildman–Crippen LogP) is 6.32. The molecule has 1 aromatic heterocycles. The number of sulfone groups is 1. The third-order valence-corrected chi connectivity index (χ3v) is 6.72. The van der Waals surface area contributed by atoms with Crippen molar-refractivity contribution in [3.05, 3.63) is 88.5 Å². The van der Waals surface area contributed by atoms with Gasteiger partial charge in [0.15, 0.2) is 0 Å². The van der Waals surface area contributed by atoms with Gasteiger partial charge in [-0.05, 0) is 48.0 Å². The smallest absolute Gasteiger partial charge is 0.208 e. The molecule has 3 aromatic carbocycles. The number of hydrogen-bond acceptors (Lipinski definition) is 3. The van der Waals surface area contributed by atoms with Gasteiger partial charge in [0.1, 0.15) is 11.6 Å². The van der Waals surface area contributed by atoms with Crippen LogP contribution in [0.1, 0.15) is 0 Å². The molecule has 0 radical (unpaired) electrons. The number of rotatable bonds is 3. The van der Waals surface area contributed by atoms with E-state index in [1.165, 1.54) is 18.2 Å². The van der Waals surface area contributed by atoms with E-state index >= 15 is 0 Å². The van der Waals surface area contributed by atoms with Crippen LogP contribution in [-0.4, -0.2) is 13.4 Å². The van der Waals surface area contributed by atoms with Crippen molar-refractivity contribution in [1.82, 2.24) is 4.98 Å². The number of pyridine rings is 1. The van der Waals surface area contributed by atoms with Crippen LogP contribution in [0.15, 0.2) is 76.7 Å². The topological polar surface area (TPSA) is 47.0 Å². The lowest BCUT2D eigenvalue weighted by atomic mass is 10.0. The summed E-state index contributed by atoms with van der Waals surface area (Å²) in [6.07, 6.45) is 1.16. The maximum Gasteiger partial charge on any atom is 0.208 e. The highest BCUT2D eigenvalue weighted by molar-refractivity contribution is 7.91. The third-order valence-electron chi connectivity index (χ3n) is 4.42. The molecule has 0 spiro atoms. The Hall–Kier alpha value is -2.54. The summed E-state index contributed by atoms with van der Waals surface area (Å²) in [6, 6.07) is 13.7. The predicted molar refractivity (Wildman–Crippen MR) is 109 cm³/mol. The van der Waals surface area contributed by atoms with E-state index < -0.39 is 21.5 Å². The lowest BCUT2D eigenvalue weighted by molar-refractivity contribution is 0.595. The van der Waals surface area contributed by atoms with Gasteiger partial charge in [-0.3, -0.25) is 4.98 Å². The molecule has 29 heavy (non-hydrogen) atoms. The maximum absolute atomic E-state index is 13.7. The molecule has 0 fully saturated rings. The standard InChI is InChI=1S/C21H11Cl2F2NO2S/c22-13-3-1-12(2-4-13)21-16-7-5-14(24)9-19(16)26-11-20(21)29(27,28)15-6-8-18(25)17(23)10-15/h1-11H. The number of fused-ring (bicyclic) bond motifs is 1. The van der Waals surface area contributed by atoms with Gasteiger partial charge in [-0.1, -0.05) is 35.3 Å². The summed E-state index contributed by atoms with van der Waals surface area (Å²) in [5.74, 6) is -1.22. The van der Waals surface area contributed by atoms with E-state index in [2.05, 4.69) is 4.98 Å². The molecular formula is C21H11Cl2F2NO2S. The molecule has 0 saturated heterocycles. The van der Waals surface area contributed by atoms with E-state index in [0.717, 1.165) is 24.4 Å². The van der Waals surface area contributed by atoms with Gasteiger partial charge in [0.2, 0.25) is 9.84 Å². The van der Waals surface area contributed by atoms with Crippen LogP contribution in [0, 0.1) is 11.6 Å². The molecular weight excluding hydrogens is 439 g/mol. The van der Waals surface area contributed by atoms with Crippen molar-refractivity contribution in [2.45, 2.75) is 9.79 Å². The molecule has 0 bridgehead atoms. The summed E-state index contributed by atoms with van der Waals surface area (Å²) in [7, 11) is -4.11. The van der Waals surface area contributed by atoms with Crippen molar-refractivity contribution in [1.29, 1.82) is 0 Å². The number of aromatic nitrogens is 1. The van der Waals surface area contributed by atoms with Crippen molar-refractivity contribution in [2.75, 3.05) is 0 Å². The first-order chi connectivity index (χ1) is 13.8. The van der Waals surface area contributed by atoms with Crippen LogP contribution in [0.2, 0.25) is 10.0 Å². The van der Waals surface area contributed by atoms with E-state index in [-0.39, 0.29) is 14.8 Å². The molecule has 0 saturated carbocycles. The highest BCUT2D eigenvalue weighted by Gasteiger charge is 2.25. The van der Waals surface area contributed by atoms with E-state index in [1.54, 1.807) is 24.3 Å². The molecule has 146 valence electrons. The van der Waals surface area contributed by atoms with Crippen molar-refractivity contribution in [3.8, 4) is 11.1 Å². The van der Waals surface area contributed by atoms with Crippen LogP contribution < -0.4 is 0 Å². The van der Waals surface area contributed by atoms with Crippen LogP contribution in [0.3, 0.4) is 0 Å². The van der Waals surface area contributed by atoms with Gasteiger partial charge in [0, 0.05) is 28.2 Å². The normalized spacial score (nSPS) is 11.7. The largest absolute Gasteiger partial charge is 0.255 e. The minimum Gasteiger partial charge on any atom is -0.255 e. The average molecular weight is 450 g/mol. The van der Waals surface area contributed by atoms with Crippen LogP contribution >= 0.6 is 23.2 Å². The molecule has 0 unspecified atom stereocenters. The second-order valence-electron chi connectivity index (χ2n) is 6.25. The third kappa shape index (κ3) is 3.59. The summed E-state index contributed by atoms with van der Waals surface area (Å²) < 4.78 is 53.9. The van der Waals surface area contributed by atoms with Gasteiger partial charge in [-0.25, -0.2) is 17.2 Å². The van der Waals surface area contributed by atoms with Gasteiger partial charge >= 0.3 is 0 Å². The lowest BCUT2D eigenvalue weighted by Crippen LogP contribution is -2.06. The summed E-state index contributed by atoms with van der Waals surface area (Å²) in [6.45, 7) is 0. The molecule has 0 aliphatic carbocycles. The second-order valence-corrected chi connectivity index (χ2v) is 9.01. The Balaban J connectivity index is 2.06. The zero-order valence-corrected chi connectivity index (χ0v) is 16.9. The van der Waals surface area contributed by atoms with Crippen molar-refractivity contribution >= 4 is 43.9 Å². The SMILES string of the molecule is O=S(=O)(c1ccc(F)c(Cl)c1)c1cnc2cc(F)ccc2c1-c1ccc(Cl)cc1. The second kappa shape index (κ2) is 7.37. The Morgan fingerprint density at radius 3 is 2.28 bits per heavy atom. The van der Waals surface area contributed by atoms with Crippen LogP contribution in [0.4, 0.5) is 8.78 Å². The zero-order chi connectivity index (χ0) is 20.8. The maximum atomic E-state index is 13.7. The minimum atomic E-state index is -4.11. The van der Waals surface area contributed by atoms with Crippen LogP contribution in [-0.2, 0) is 9.84 Å². The Kier molecular flexibility index (Phi) is 5.02. The number of nitrogens with zero attached hydrogens (tertiary/aromatic N) is 1. The Morgan fingerprint density at radius 1 is 0.862 bits per heavy atom. The van der Waals surface area contributed by atoms with Crippen LogP contribution in [0.25, 0.3) is 22.0 Å². The molecule has 0 atom stereocenters. The molecule has 0 N–H and O–H groups in total. The average Bonchev–Trinajstić information content (AvgIpc) is 2.69. The van der Waals surface area contributed by atoms with Gasteiger partial charge in [0.05, 0.1) is 20.3 Å². The van der Waals surface area contributed by atoms with Gasteiger partial charge in [0.25, 0.3) is 0 Å². The number of halogens is 4. The first-order valence-corrected chi connectivity index (χ1v) is 10.6. The summed E-state index contributed by atoms with van der Waals surface area (Å²) in [5.41, 5.74) is 1.19. The fourth-order valence-electron chi connectivity index (χ4n) is 3.04. The molecule has 4 rings (SSSR count). The van der Waals surface area contributed by atoms with Gasteiger partial charge in [-0.2, -0.15) is 0 Å². The van der Waals surface area contributed by atoms with E-state index in [0.29, 0.717) is 27.1 Å². The first-order valence-electron chi connectivity index (χ1n) is 8.32. The zero-order valence-electron chi connectivity index (χ0n) is 14.5. The van der Waals surface area contributed by atoms with Gasteiger partial charge in [-0.15, -0.1) is 0 Å². The first kappa shape index (κ1) is 19.8. The van der Waals surface area contributed by atoms with Crippen molar-refractivity contribution in [2.24, 2.45) is 0 Å². The van der Waals surface area contributed by atoms with E-state index in [9.17, 15) is 17.2 Å². The highest BCUT2D eigenvalue weighted by atomic mass is 35.5. The van der Waals surface area contributed by atoms with Crippen molar-refractivity contribution in [3.63, 3.8) is 0 Å². The molecule has 8 heteroatoms. The Labute approximate surface area is 175 Å². The summed E-state index contributed by atoms with van der Waals surface area (Å²) >= 11 is 11.7. The molecule has 0 amide bonds. The molecule has 0 aliphatic heterocycles. The van der Waals surface area contributed by atoms with E-state index in [1.807, 2.05) is 0 Å². The minimum absolute atomic E-state index is 0.110.